The van der Waals surface area contributed by atoms with Crippen molar-refractivity contribution in [3.8, 4) is 0 Å². The number of ether oxygens (including phenoxy) is 2. The van der Waals surface area contributed by atoms with Gasteiger partial charge in [0.1, 0.15) is 18.2 Å². The molecule has 12 heteroatoms. The second kappa shape index (κ2) is 17.3. The zero-order chi connectivity index (χ0) is 33.1. The van der Waals surface area contributed by atoms with Gasteiger partial charge in [0.2, 0.25) is 5.88 Å². The van der Waals surface area contributed by atoms with Crippen LogP contribution in [-0.2, 0) is 15.9 Å². The second-order valence-corrected chi connectivity index (χ2v) is 13.4. The molecular weight excluding hydrogens is 826 g/mol. The molecule has 0 aliphatic carbocycles. The van der Waals surface area contributed by atoms with Crippen molar-refractivity contribution in [2.45, 2.75) is 41.3 Å². The number of nitrogens with zero attached hydrogens (tertiary/aromatic N) is 1. The topological polar surface area (TPSA) is 67.4 Å². The van der Waals surface area contributed by atoms with E-state index in [0.717, 1.165) is 37.3 Å². The fraction of sp³-hybridized carbons (Fsp3) is 0.324. The van der Waals surface area contributed by atoms with Crippen molar-refractivity contribution in [1.82, 2.24) is 15.6 Å². The van der Waals surface area contributed by atoms with Crippen LogP contribution in [0, 0.1) is 15.2 Å². The number of nitrogens with one attached hydrogen (secondary N) is 3. The third-order valence-corrected chi connectivity index (χ3v) is 8.68. The van der Waals surface area contributed by atoms with E-state index < -0.39 is 10.5 Å². The van der Waals surface area contributed by atoms with Gasteiger partial charge in [0, 0.05) is 68.7 Å². The molecule has 4 rings (SSSR count). The third-order valence-electron chi connectivity index (χ3n) is 7.40. The summed E-state index contributed by atoms with van der Waals surface area (Å²) < 4.78 is 64.7. The summed E-state index contributed by atoms with van der Waals surface area (Å²) in [6, 6.07) is 13.1. The highest BCUT2D eigenvalue weighted by Gasteiger charge is 2.26. The average Bonchev–Trinajstić information content (AvgIpc) is 3.04. The van der Waals surface area contributed by atoms with Crippen molar-refractivity contribution in [3.63, 3.8) is 0 Å². The lowest BCUT2D eigenvalue weighted by Gasteiger charge is -2.30. The van der Waals surface area contributed by atoms with Gasteiger partial charge < -0.3 is 25.4 Å². The maximum Gasteiger partial charge on any atom is 0.313 e. The van der Waals surface area contributed by atoms with E-state index in [-0.39, 0.29) is 42.2 Å². The molecule has 1 aromatic heterocycles. The first-order valence-electron chi connectivity index (χ1n) is 14.5. The first kappa shape index (κ1) is 36.0. The van der Waals surface area contributed by atoms with Crippen LogP contribution in [0.25, 0.3) is 0 Å². The highest BCUT2D eigenvalue weighted by Crippen LogP contribution is 2.34. The monoisotopic (exact) mass is 860 g/mol. The van der Waals surface area contributed by atoms with Crippen LogP contribution >= 0.6 is 45.2 Å². The fourth-order valence-electron chi connectivity index (χ4n) is 5.03. The molecule has 1 fully saturated rings. The van der Waals surface area contributed by atoms with E-state index in [1.165, 1.54) is 18.2 Å². The van der Waals surface area contributed by atoms with Crippen LogP contribution in [0.5, 0.6) is 0 Å². The Labute approximate surface area is 293 Å². The Kier molecular flexibility index (Phi) is 13.6. The molecule has 3 N–H and O–H groups in total. The molecule has 1 saturated heterocycles. The summed E-state index contributed by atoms with van der Waals surface area (Å²) in [5, 5.41) is 9.18. The van der Waals surface area contributed by atoms with Gasteiger partial charge in [-0.1, -0.05) is 37.1 Å². The third kappa shape index (κ3) is 10.9. The van der Waals surface area contributed by atoms with Gasteiger partial charge in [-0.15, -0.1) is 5.73 Å². The highest BCUT2D eigenvalue weighted by molar-refractivity contribution is 14.1. The summed E-state index contributed by atoms with van der Waals surface area (Å²) >= 11 is 3.28. The molecule has 0 spiro atoms. The lowest BCUT2D eigenvalue weighted by molar-refractivity contribution is -0.0172. The van der Waals surface area contributed by atoms with Gasteiger partial charge in [-0.25, -0.2) is 8.78 Å². The summed E-state index contributed by atoms with van der Waals surface area (Å²) in [4.78, 5) is 4.21. The van der Waals surface area contributed by atoms with Gasteiger partial charge in [0.25, 0.3) is 0 Å². The summed E-state index contributed by atoms with van der Waals surface area (Å²) in [6.45, 7) is 7.78. The molecule has 1 aliphatic heterocycles. The smallest absolute Gasteiger partial charge is 0.313 e. The molecule has 244 valence electrons. The molecule has 2 aromatic carbocycles. The fourth-order valence-corrected chi connectivity index (χ4v) is 5.94. The van der Waals surface area contributed by atoms with Crippen LogP contribution in [0.15, 0.2) is 97.1 Å². The largest absolute Gasteiger partial charge is 0.472 e. The normalized spacial score (nSPS) is 16.9. The lowest BCUT2D eigenvalue weighted by Crippen LogP contribution is -2.49. The Hall–Kier alpha value is -2.87. The zero-order valence-electron chi connectivity index (χ0n) is 24.9. The number of aromatic nitrogens is 1. The van der Waals surface area contributed by atoms with Crippen molar-refractivity contribution in [2.75, 3.05) is 31.6 Å². The molecule has 46 heavy (non-hydrogen) atoms. The van der Waals surface area contributed by atoms with Gasteiger partial charge in [-0.05, 0) is 76.9 Å². The molecule has 0 amide bonds. The minimum atomic E-state index is -2.93. The molecule has 1 aliphatic rings. The molecule has 6 nitrogen and oxygen atoms in total. The van der Waals surface area contributed by atoms with Crippen LogP contribution in [0.1, 0.15) is 35.4 Å². The molecule has 2 heterocycles. The number of hydrogen-bond acceptors (Lipinski definition) is 6. The number of anilines is 1. The van der Waals surface area contributed by atoms with Crippen molar-refractivity contribution in [1.29, 1.82) is 0 Å². The Morgan fingerprint density at radius 2 is 1.93 bits per heavy atom. The molecular formula is C34H34F4I2N4O2. The van der Waals surface area contributed by atoms with E-state index in [0.29, 0.717) is 49.4 Å². The van der Waals surface area contributed by atoms with E-state index in [1.54, 1.807) is 30.6 Å². The first-order chi connectivity index (χ1) is 22.1. The summed E-state index contributed by atoms with van der Waals surface area (Å²) in [5.41, 5.74) is 9.20. The average molecular weight is 860 g/mol. The molecule has 0 radical (unpaired) electrons. The first-order valence-corrected chi connectivity index (χ1v) is 16.7. The Morgan fingerprint density at radius 3 is 2.59 bits per heavy atom. The number of allylic oxidation sites excluding steroid dienone is 1. The standard InChI is InChI=1S/C34H34F4I2N4O2/c1-3-24(16-29(22-8-10-23(35)11-9-22)27-14-15-41-18-31(27)39)44-32-7-5-6-30(36)28(32)13-12-26-17-42-25(19-45-26)20-46-33(4-2)43-21-34(37,38)40/h5-11,14-15,18,25-26,29,42-44H,1-2,12-13,16-17,19-21H2/t25-,26+,29-/m0/s1. The van der Waals surface area contributed by atoms with Crippen LogP contribution in [0.2, 0.25) is 0 Å². The van der Waals surface area contributed by atoms with E-state index in [1.807, 2.05) is 12.1 Å². The van der Waals surface area contributed by atoms with E-state index in [4.69, 9.17) is 9.47 Å². The van der Waals surface area contributed by atoms with Gasteiger partial charge >= 0.3 is 3.93 Å². The molecule has 0 saturated carbocycles. The van der Waals surface area contributed by atoms with E-state index in [9.17, 15) is 13.2 Å². The number of halogens is 6. The Balaban J connectivity index is 1.37. The van der Waals surface area contributed by atoms with Crippen molar-refractivity contribution in [2.24, 2.45) is 0 Å². The van der Waals surface area contributed by atoms with Crippen molar-refractivity contribution in [3.05, 3.63) is 129 Å². The summed E-state index contributed by atoms with van der Waals surface area (Å²) in [6.07, 6.45) is 4.77. The van der Waals surface area contributed by atoms with Gasteiger partial charge in [0.15, 0.2) is 0 Å². The van der Waals surface area contributed by atoms with Crippen molar-refractivity contribution >= 4 is 50.9 Å². The Morgan fingerprint density at radius 1 is 1.15 bits per heavy atom. The predicted molar refractivity (Wildman–Crippen MR) is 188 cm³/mol. The highest BCUT2D eigenvalue weighted by atomic mass is 127. The minimum Gasteiger partial charge on any atom is -0.472 e. The quantitative estimate of drug-likeness (QED) is 0.0477. The van der Waals surface area contributed by atoms with Crippen LogP contribution in [-0.4, -0.2) is 47.4 Å². The predicted octanol–water partition coefficient (Wildman–Crippen LogP) is 7.82. The van der Waals surface area contributed by atoms with Gasteiger partial charge in [0.05, 0.1) is 31.0 Å². The van der Waals surface area contributed by atoms with Gasteiger partial charge in [-0.3, -0.25) is 4.98 Å². The SMILES string of the molecule is C=C=C(C[C@@H](c1ccc(F)cc1)c1ccncc1I)Nc1cccc(F)c1CC[C@@H]1CN[C@H](COC(=C=C)NCC(F)(F)I)CO1. The van der Waals surface area contributed by atoms with Crippen LogP contribution < -0.4 is 16.0 Å². The number of rotatable bonds is 15. The second-order valence-electron chi connectivity index (χ2n) is 10.6. The van der Waals surface area contributed by atoms with Crippen LogP contribution in [0.4, 0.5) is 23.2 Å². The molecule has 3 aromatic rings. The zero-order valence-corrected chi connectivity index (χ0v) is 29.2. The molecule has 0 bridgehead atoms. The number of alkyl halides is 3. The lowest BCUT2D eigenvalue weighted by atomic mass is 9.88. The summed E-state index contributed by atoms with van der Waals surface area (Å²) in [5.74, 6) is -0.755. The molecule has 3 atom stereocenters. The molecule has 0 unspecified atom stereocenters. The number of pyridine rings is 1. The number of hydrogen-bond donors (Lipinski definition) is 3. The number of benzene rings is 2. The van der Waals surface area contributed by atoms with E-state index in [2.05, 4.69) is 68.1 Å². The minimum absolute atomic E-state index is 0.0484. The number of morpholine rings is 1. The summed E-state index contributed by atoms with van der Waals surface area (Å²) in [7, 11) is 0. The van der Waals surface area contributed by atoms with E-state index >= 15 is 4.39 Å². The van der Waals surface area contributed by atoms with Crippen molar-refractivity contribution < 1.29 is 27.0 Å². The van der Waals surface area contributed by atoms with Crippen LogP contribution in [0.3, 0.4) is 0 Å². The Bertz CT molecular complexity index is 1560. The van der Waals surface area contributed by atoms with Gasteiger partial charge in [-0.2, -0.15) is 8.78 Å². The maximum absolute atomic E-state index is 15.2. The maximum atomic E-state index is 15.2.